The van der Waals surface area contributed by atoms with Crippen LogP contribution in [0.3, 0.4) is 0 Å². The molecule has 1 atom stereocenters. The van der Waals surface area contributed by atoms with Crippen LogP contribution in [0.2, 0.25) is 0 Å². The van der Waals surface area contributed by atoms with E-state index >= 15 is 0 Å². The number of para-hydroxylation sites is 2. The molecule has 4 aromatic rings. The molecule has 146 valence electrons. The van der Waals surface area contributed by atoms with Crippen LogP contribution in [0.15, 0.2) is 48.1 Å². The molecule has 5 rings (SSSR count). The van der Waals surface area contributed by atoms with Crippen molar-refractivity contribution in [3.63, 3.8) is 0 Å². The van der Waals surface area contributed by atoms with Crippen LogP contribution >= 0.6 is 11.3 Å². The molecule has 0 unspecified atom stereocenters. The first-order valence-electron chi connectivity index (χ1n) is 9.20. The number of rotatable bonds is 4. The average molecular weight is 406 g/mol. The number of thiophene rings is 1. The van der Waals surface area contributed by atoms with Gasteiger partial charge in [0.2, 0.25) is 11.8 Å². The molecule has 9 heteroatoms. The van der Waals surface area contributed by atoms with Crippen molar-refractivity contribution in [3.05, 3.63) is 58.5 Å². The number of nitrogens with zero attached hydrogens (tertiary/aromatic N) is 4. The lowest BCUT2D eigenvalue weighted by Crippen LogP contribution is -2.25. The lowest BCUT2D eigenvalue weighted by Gasteiger charge is -2.23. The van der Waals surface area contributed by atoms with Crippen molar-refractivity contribution >= 4 is 45.8 Å². The first-order valence-corrected chi connectivity index (χ1v) is 10.1. The second kappa shape index (κ2) is 6.85. The molecular weight excluding hydrogens is 388 g/mol. The van der Waals surface area contributed by atoms with E-state index < -0.39 is 0 Å². The minimum Gasteiger partial charge on any atom is -0.321 e. The number of aryl methyl sites for hydroxylation is 1. The number of hydrogen-bond donors (Lipinski definition) is 2. The van der Waals surface area contributed by atoms with E-state index in [9.17, 15) is 9.59 Å². The Morgan fingerprint density at radius 1 is 1.31 bits per heavy atom. The molecule has 2 amide bonds. The molecule has 0 saturated carbocycles. The highest BCUT2D eigenvalue weighted by Gasteiger charge is 2.34. The van der Waals surface area contributed by atoms with Gasteiger partial charge in [0, 0.05) is 29.8 Å². The molecule has 1 aromatic carbocycles. The molecule has 1 aliphatic heterocycles. The number of aromatic nitrogens is 4. The number of carbonyl (C=O) groups is 2. The van der Waals surface area contributed by atoms with E-state index in [1.807, 2.05) is 41.8 Å². The van der Waals surface area contributed by atoms with Crippen LogP contribution in [0, 0.1) is 0 Å². The van der Waals surface area contributed by atoms with Crippen LogP contribution < -0.4 is 10.6 Å². The fourth-order valence-electron chi connectivity index (χ4n) is 3.78. The van der Waals surface area contributed by atoms with E-state index in [2.05, 4.69) is 20.7 Å². The predicted octanol–water partition coefficient (Wildman–Crippen LogP) is 2.94. The van der Waals surface area contributed by atoms with Crippen LogP contribution in [0.1, 0.15) is 22.8 Å². The smallest absolute Gasteiger partial charge is 0.245 e. The number of hydrogen-bond acceptors (Lipinski definition) is 5. The van der Waals surface area contributed by atoms with Crippen molar-refractivity contribution in [2.45, 2.75) is 18.9 Å². The van der Waals surface area contributed by atoms with Crippen molar-refractivity contribution in [3.8, 4) is 0 Å². The fourth-order valence-corrected chi connectivity index (χ4v) is 4.61. The number of nitrogens with one attached hydrogen (secondary N) is 2. The average Bonchev–Trinajstić information content (AvgIpc) is 3.43. The van der Waals surface area contributed by atoms with Gasteiger partial charge in [-0.1, -0.05) is 18.2 Å². The summed E-state index contributed by atoms with van der Waals surface area (Å²) in [5.74, 6) is 0.729. The van der Waals surface area contributed by atoms with E-state index in [4.69, 9.17) is 0 Å². The quantitative estimate of drug-likeness (QED) is 0.545. The zero-order chi connectivity index (χ0) is 20.0. The van der Waals surface area contributed by atoms with Gasteiger partial charge in [0.05, 0.1) is 17.4 Å². The van der Waals surface area contributed by atoms with E-state index in [1.165, 1.54) is 0 Å². The fraction of sp³-hybridized carbons (Fsp3) is 0.200. The topological polar surface area (TPSA) is 93.8 Å². The van der Waals surface area contributed by atoms with Crippen LogP contribution in [0.25, 0.3) is 11.0 Å². The van der Waals surface area contributed by atoms with E-state index in [0.717, 1.165) is 21.5 Å². The van der Waals surface area contributed by atoms with Gasteiger partial charge in [-0.25, -0.2) is 4.98 Å². The van der Waals surface area contributed by atoms with Crippen molar-refractivity contribution in [2.24, 2.45) is 7.05 Å². The van der Waals surface area contributed by atoms with E-state index in [0.29, 0.717) is 18.1 Å². The van der Waals surface area contributed by atoms with Gasteiger partial charge in [0.1, 0.15) is 12.4 Å². The molecule has 29 heavy (non-hydrogen) atoms. The summed E-state index contributed by atoms with van der Waals surface area (Å²) in [7, 11) is 1.76. The molecule has 3 aromatic heterocycles. The highest BCUT2D eigenvalue weighted by molar-refractivity contribution is 7.10. The maximum absolute atomic E-state index is 12.8. The van der Waals surface area contributed by atoms with Gasteiger partial charge in [-0.15, -0.1) is 11.3 Å². The SMILES string of the molecule is Cn1nc(NC(=O)Cn2cnc3ccccc32)c2c1NC(=O)C[C@H]2c1cccs1. The minimum atomic E-state index is -0.198. The molecule has 0 spiro atoms. The molecule has 8 nitrogen and oxygen atoms in total. The Morgan fingerprint density at radius 3 is 3.00 bits per heavy atom. The summed E-state index contributed by atoms with van der Waals surface area (Å²) in [6, 6.07) is 11.6. The van der Waals surface area contributed by atoms with Crippen LogP contribution in [-0.2, 0) is 23.2 Å². The summed E-state index contributed by atoms with van der Waals surface area (Å²) < 4.78 is 3.41. The molecule has 1 aliphatic rings. The zero-order valence-corrected chi connectivity index (χ0v) is 16.4. The molecular formula is C20H18N6O2S. The van der Waals surface area contributed by atoms with Gasteiger partial charge in [0.15, 0.2) is 5.82 Å². The Bertz CT molecular complexity index is 1220. The second-order valence-corrected chi connectivity index (χ2v) is 7.94. The molecule has 0 aliphatic carbocycles. The number of benzene rings is 1. The normalized spacial score (nSPS) is 15.9. The highest BCUT2D eigenvalue weighted by Crippen LogP contribution is 2.42. The third-order valence-electron chi connectivity index (χ3n) is 5.07. The summed E-state index contributed by atoms with van der Waals surface area (Å²) in [6.45, 7) is 0.127. The van der Waals surface area contributed by atoms with Crippen LogP contribution in [0.4, 0.5) is 11.6 Å². The standard InChI is InChI=1S/C20H18N6O2S/c1-25-20-18(12(9-16(27)23-20)15-7-4-8-29-15)19(24-25)22-17(28)10-26-11-21-13-5-2-3-6-14(13)26/h2-8,11-12H,9-10H2,1H3,(H,23,27)(H,22,24,28)/t12-/m0/s1. The third kappa shape index (κ3) is 3.09. The lowest BCUT2D eigenvalue weighted by molar-refractivity contribution is -0.117. The van der Waals surface area contributed by atoms with Gasteiger partial charge in [-0.2, -0.15) is 5.10 Å². The van der Waals surface area contributed by atoms with Gasteiger partial charge in [-0.3, -0.25) is 14.3 Å². The van der Waals surface area contributed by atoms with Crippen molar-refractivity contribution in [2.75, 3.05) is 10.6 Å². The van der Waals surface area contributed by atoms with Crippen molar-refractivity contribution < 1.29 is 9.59 Å². The summed E-state index contributed by atoms with van der Waals surface area (Å²) >= 11 is 1.59. The Morgan fingerprint density at radius 2 is 2.17 bits per heavy atom. The van der Waals surface area contributed by atoms with Gasteiger partial charge < -0.3 is 15.2 Å². The Kier molecular flexibility index (Phi) is 4.17. The van der Waals surface area contributed by atoms with Gasteiger partial charge >= 0.3 is 0 Å². The predicted molar refractivity (Wildman–Crippen MR) is 111 cm³/mol. The van der Waals surface area contributed by atoms with Gasteiger partial charge in [0.25, 0.3) is 0 Å². The van der Waals surface area contributed by atoms with Crippen LogP contribution in [-0.4, -0.2) is 31.1 Å². The number of carbonyl (C=O) groups excluding carboxylic acids is 2. The molecule has 0 radical (unpaired) electrons. The van der Waals surface area contributed by atoms with Gasteiger partial charge in [-0.05, 0) is 23.6 Å². The third-order valence-corrected chi connectivity index (χ3v) is 6.05. The Balaban J connectivity index is 1.45. The Labute approximate surface area is 170 Å². The van der Waals surface area contributed by atoms with E-state index in [-0.39, 0.29) is 24.3 Å². The molecule has 0 saturated heterocycles. The maximum Gasteiger partial charge on any atom is 0.245 e. The lowest BCUT2D eigenvalue weighted by atomic mass is 9.92. The largest absolute Gasteiger partial charge is 0.321 e. The number of fused-ring (bicyclic) bond motifs is 2. The number of amides is 2. The molecule has 4 heterocycles. The summed E-state index contributed by atoms with van der Waals surface area (Å²) in [6.07, 6.45) is 1.99. The van der Waals surface area contributed by atoms with Crippen LogP contribution in [0.5, 0.6) is 0 Å². The number of imidazole rings is 1. The Hall–Kier alpha value is -3.46. The highest BCUT2D eigenvalue weighted by atomic mass is 32.1. The first kappa shape index (κ1) is 17.6. The molecule has 2 N–H and O–H groups in total. The first-order chi connectivity index (χ1) is 14.1. The molecule has 0 fully saturated rings. The zero-order valence-electron chi connectivity index (χ0n) is 15.6. The van der Waals surface area contributed by atoms with E-state index in [1.54, 1.807) is 34.0 Å². The summed E-state index contributed by atoms with van der Waals surface area (Å²) in [5.41, 5.74) is 2.59. The maximum atomic E-state index is 12.8. The summed E-state index contributed by atoms with van der Waals surface area (Å²) in [5, 5.41) is 12.3. The summed E-state index contributed by atoms with van der Waals surface area (Å²) in [4.78, 5) is 30.4. The van der Waals surface area contributed by atoms with Crippen molar-refractivity contribution in [1.82, 2.24) is 19.3 Å². The monoisotopic (exact) mass is 406 g/mol. The number of anilines is 2. The second-order valence-electron chi connectivity index (χ2n) is 6.96. The molecule has 0 bridgehead atoms. The minimum absolute atomic E-state index is 0.0540. The van der Waals surface area contributed by atoms with Crippen molar-refractivity contribution in [1.29, 1.82) is 0 Å².